The number of nitrogens with one attached hydrogen (secondary N) is 1. The lowest BCUT2D eigenvalue weighted by molar-refractivity contribution is -0.113. The number of carboxylic acids is 1. The quantitative estimate of drug-likeness (QED) is 0.808. The van der Waals surface area contributed by atoms with Gasteiger partial charge < -0.3 is 10.4 Å². The summed E-state index contributed by atoms with van der Waals surface area (Å²) < 4.78 is 0. The highest BCUT2D eigenvalue weighted by Crippen LogP contribution is 2.23. The number of anilines is 1. The topological polar surface area (TPSA) is 66.4 Å². The molecule has 0 unspecified atom stereocenters. The van der Waals surface area contributed by atoms with Crippen molar-refractivity contribution in [1.29, 1.82) is 0 Å². The van der Waals surface area contributed by atoms with Gasteiger partial charge in [0.1, 0.15) is 0 Å². The number of aromatic carboxylic acids is 1. The summed E-state index contributed by atoms with van der Waals surface area (Å²) in [6, 6.07) is 12.1. The monoisotopic (exact) mass is 335 g/mol. The third-order valence-corrected chi connectivity index (χ3v) is 4.12. The summed E-state index contributed by atoms with van der Waals surface area (Å²) in [5.41, 5.74) is 1.37. The maximum Gasteiger partial charge on any atom is 0.337 e. The molecule has 0 spiro atoms. The zero-order chi connectivity index (χ0) is 16.1. The summed E-state index contributed by atoms with van der Waals surface area (Å²) >= 11 is 7.23. The molecule has 0 saturated heterocycles. The maximum absolute atomic E-state index is 12.0. The standard InChI is InChI=1S/C16H14ClNO3S/c1-10-2-5-12(6-3-10)22-9-15(19)18-14-8-11(17)4-7-13(14)16(20)21/h2-8H,9H2,1H3,(H,18,19)(H,20,21). The lowest BCUT2D eigenvalue weighted by atomic mass is 10.2. The van der Waals surface area contributed by atoms with Gasteiger partial charge in [-0.15, -0.1) is 11.8 Å². The highest BCUT2D eigenvalue weighted by molar-refractivity contribution is 8.00. The number of carboxylic acid groups (broad SMARTS) is 1. The first kappa shape index (κ1) is 16.4. The first-order valence-corrected chi connectivity index (χ1v) is 7.84. The molecule has 0 radical (unpaired) electrons. The molecule has 22 heavy (non-hydrogen) atoms. The molecule has 0 bridgehead atoms. The van der Waals surface area contributed by atoms with Gasteiger partial charge in [-0.25, -0.2) is 4.79 Å². The van der Waals surface area contributed by atoms with Crippen LogP contribution in [0.3, 0.4) is 0 Å². The van der Waals surface area contributed by atoms with Crippen LogP contribution >= 0.6 is 23.4 Å². The van der Waals surface area contributed by atoms with Crippen molar-refractivity contribution in [2.24, 2.45) is 0 Å². The van der Waals surface area contributed by atoms with Crippen LogP contribution in [0.25, 0.3) is 0 Å². The fraction of sp³-hybridized carbons (Fsp3) is 0.125. The number of halogens is 1. The number of hydrogen-bond donors (Lipinski definition) is 2. The van der Waals surface area contributed by atoms with Crippen LogP contribution in [0.2, 0.25) is 5.02 Å². The lowest BCUT2D eigenvalue weighted by Gasteiger charge is -2.09. The van der Waals surface area contributed by atoms with Gasteiger partial charge in [-0.05, 0) is 37.3 Å². The molecule has 2 aromatic rings. The molecule has 0 aliphatic rings. The van der Waals surface area contributed by atoms with Gasteiger partial charge in [-0.3, -0.25) is 4.79 Å². The molecular weight excluding hydrogens is 322 g/mol. The molecule has 6 heteroatoms. The van der Waals surface area contributed by atoms with Gasteiger partial charge in [0.15, 0.2) is 0 Å². The van der Waals surface area contributed by atoms with E-state index in [1.165, 1.54) is 30.0 Å². The van der Waals surface area contributed by atoms with E-state index in [1.807, 2.05) is 31.2 Å². The lowest BCUT2D eigenvalue weighted by Crippen LogP contribution is -2.16. The Labute approximate surface area is 137 Å². The molecule has 0 aromatic heterocycles. The first-order valence-electron chi connectivity index (χ1n) is 6.48. The van der Waals surface area contributed by atoms with E-state index >= 15 is 0 Å². The second-order valence-electron chi connectivity index (χ2n) is 4.64. The Kier molecular flexibility index (Phi) is 5.46. The van der Waals surface area contributed by atoms with Gasteiger partial charge >= 0.3 is 5.97 Å². The van der Waals surface area contributed by atoms with Crippen molar-refractivity contribution in [3.8, 4) is 0 Å². The van der Waals surface area contributed by atoms with Gasteiger partial charge in [0.2, 0.25) is 5.91 Å². The fourth-order valence-electron chi connectivity index (χ4n) is 1.78. The van der Waals surface area contributed by atoms with E-state index in [2.05, 4.69) is 5.32 Å². The maximum atomic E-state index is 12.0. The van der Waals surface area contributed by atoms with E-state index in [0.29, 0.717) is 5.02 Å². The van der Waals surface area contributed by atoms with Crippen LogP contribution < -0.4 is 5.32 Å². The van der Waals surface area contributed by atoms with Crippen molar-refractivity contribution in [2.45, 2.75) is 11.8 Å². The summed E-state index contributed by atoms with van der Waals surface area (Å²) in [5.74, 6) is -1.21. The molecule has 0 aliphatic heterocycles. The van der Waals surface area contributed by atoms with Crippen LogP contribution in [0.15, 0.2) is 47.4 Å². The molecule has 0 aliphatic carbocycles. The van der Waals surface area contributed by atoms with Crippen LogP contribution in [0.5, 0.6) is 0 Å². The molecule has 2 aromatic carbocycles. The zero-order valence-corrected chi connectivity index (χ0v) is 13.4. The summed E-state index contributed by atoms with van der Waals surface area (Å²) in [6.07, 6.45) is 0. The van der Waals surface area contributed by atoms with Crippen molar-refractivity contribution in [3.63, 3.8) is 0 Å². The summed E-state index contributed by atoms with van der Waals surface area (Å²) in [5, 5.41) is 12.1. The summed E-state index contributed by atoms with van der Waals surface area (Å²) in [4.78, 5) is 24.1. The third-order valence-electron chi connectivity index (χ3n) is 2.88. The average Bonchev–Trinajstić information content (AvgIpc) is 2.46. The Morgan fingerprint density at radius 3 is 2.50 bits per heavy atom. The Morgan fingerprint density at radius 1 is 1.18 bits per heavy atom. The predicted molar refractivity (Wildman–Crippen MR) is 88.9 cm³/mol. The summed E-state index contributed by atoms with van der Waals surface area (Å²) in [7, 11) is 0. The van der Waals surface area contributed by atoms with Crippen molar-refractivity contribution in [2.75, 3.05) is 11.1 Å². The Balaban J connectivity index is 2.01. The molecule has 0 atom stereocenters. The van der Waals surface area contributed by atoms with Crippen LogP contribution in [-0.4, -0.2) is 22.7 Å². The number of aryl methyl sites for hydroxylation is 1. The number of benzene rings is 2. The minimum atomic E-state index is -1.11. The molecule has 0 saturated carbocycles. The molecule has 4 nitrogen and oxygen atoms in total. The van der Waals surface area contributed by atoms with E-state index in [0.717, 1.165) is 10.5 Å². The molecule has 114 valence electrons. The Hall–Kier alpha value is -1.98. The van der Waals surface area contributed by atoms with E-state index < -0.39 is 5.97 Å². The van der Waals surface area contributed by atoms with Gasteiger partial charge in [-0.1, -0.05) is 29.3 Å². The molecule has 2 N–H and O–H groups in total. The minimum Gasteiger partial charge on any atom is -0.478 e. The van der Waals surface area contributed by atoms with Crippen molar-refractivity contribution in [1.82, 2.24) is 0 Å². The molecule has 0 heterocycles. The Bertz CT molecular complexity index is 701. The van der Waals surface area contributed by atoms with Gasteiger partial charge in [-0.2, -0.15) is 0 Å². The van der Waals surface area contributed by atoms with Crippen LogP contribution in [-0.2, 0) is 4.79 Å². The molecule has 0 fully saturated rings. The highest BCUT2D eigenvalue weighted by atomic mass is 35.5. The van der Waals surface area contributed by atoms with Crippen LogP contribution in [0, 0.1) is 6.92 Å². The number of carbonyl (C=O) groups is 2. The van der Waals surface area contributed by atoms with Crippen molar-refractivity contribution < 1.29 is 14.7 Å². The number of rotatable bonds is 5. The number of amides is 1. The second-order valence-corrected chi connectivity index (χ2v) is 6.13. The van der Waals surface area contributed by atoms with E-state index in [9.17, 15) is 9.59 Å². The van der Waals surface area contributed by atoms with Gasteiger partial charge in [0, 0.05) is 9.92 Å². The Morgan fingerprint density at radius 2 is 1.86 bits per heavy atom. The fourth-order valence-corrected chi connectivity index (χ4v) is 2.65. The third kappa shape index (κ3) is 4.51. The van der Waals surface area contributed by atoms with Crippen molar-refractivity contribution in [3.05, 3.63) is 58.6 Å². The second kappa shape index (κ2) is 7.33. The van der Waals surface area contributed by atoms with Crippen molar-refractivity contribution >= 4 is 40.9 Å². The zero-order valence-electron chi connectivity index (χ0n) is 11.8. The van der Waals surface area contributed by atoms with Gasteiger partial charge in [0.05, 0.1) is 17.0 Å². The van der Waals surface area contributed by atoms with Crippen LogP contribution in [0.1, 0.15) is 15.9 Å². The van der Waals surface area contributed by atoms with Crippen LogP contribution in [0.4, 0.5) is 5.69 Å². The molecular formula is C16H14ClNO3S. The first-order chi connectivity index (χ1) is 10.5. The number of carbonyl (C=O) groups excluding carboxylic acids is 1. The van der Waals surface area contributed by atoms with E-state index in [4.69, 9.17) is 16.7 Å². The van der Waals surface area contributed by atoms with Gasteiger partial charge in [0.25, 0.3) is 0 Å². The van der Waals surface area contributed by atoms with E-state index in [-0.39, 0.29) is 22.9 Å². The molecule has 2 rings (SSSR count). The number of hydrogen-bond acceptors (Lipinski definition) is 3. The summed E-state index contributed by atoms with van der Waals surface area (Å²) in [6.45, 7) is 1.99. The minimum absolute atomic E-state index is 0.0121. The average molecular weight is 336 g/mol. The smallest absolute Gasteiger partial charge is 0.337 e. The largest absolute Gasteiger partial charge is 0.478 e. The number of thioether (sulfide) groups is 1. The molecule has 1 amide bonds. The predicted octanol–water partition coefficient (Wildman–Crippen LogP) is 4.08. The normalized spacial score (nSPS) is 10.3. The SMILES string of the molecule is Cc1ccc(SCC(=O)Nc2cc(Cl)ccc2C(=O)O)cc1. The highest BCUT2D eigenvalue weighted by Gasteiger charge is 2.13. The van der Waals surface area contributed by atoms with E-state index in [1.54, 1.807) is 0 Å².